The van der Waals surface area contributed by atoms with E-state index in [1.807, 2.05) is 0 Å². The van der Waals surface area contributed by atoms with E-state index in [1.54, 1.807) is 60.7 Å². The third kappa shape index (κ3) is 13.4. The monoisotopic (exact) mass is 1070 g/mol. The molecule has 4 fully saturated rings. The van der Waals surface area contributed by atoms with Crippen LogP contribution in [0.25, 0.3) is 0 Å². The molecule has 420 valence electrons. The number of amides is 2. The number of rotatable bonds is 22. The van der Waals surface area contributed by atoms with Crippen LogP contribution in [0.1, 0.15) is 30.9 Å². The van der Waals surface area contributed by atoms with Crippen molar-refractivity contribution in [1.82, 2.24) is 10.6 Å². The number of ether oxygens (including phenoxy) is 7. The van der Waals surface area contributed by atoms with Gasteiger partial charge < -0.3 is 120 Å². The van der Waals surface area contributed by atoms with Crippen molar-refractivity contribution < 1.29 is 129 Å². The lowest BCUT2D eigenvalue weighted by Crippen LogP contribution is -2.72. The number of aliphatic hydroxyl groups is 13. The number of aliphatic hydroxyl groups excluding tert-OH is 13. The van der Waals surface area contributed by atoms with Crippen LogP contribution < -0.4 is 10.6 Å². The fourth-order valence-corrected chi connectivity index (χ4v) is 9.53. The van der Waals surface area contributed by atoms with E-state index in [1.165, 1.54) is 6.92 Å². The van der Waals surface area contributed by atoms with Crippen molar-refractivity contribution in [3.05, 3.63) is 71.8 Å². The molecular weight excluding hydrogens is 1010 g/mol. The van der Waals surface area contributed by atoms with Crippen LogP contribution in [0.2, 0.25) is 0 Å². The van der Waals surface area contributed by atoms with Gasteiger partial charge in [0.2, 0.25) is 11.8 Å². The summed E-state index contributed by atoms with van der Waals surface area (Å²) >= 11 is 0. The van der Waals surface area contributed by atoms with E-state index in [9.17, 15) is 95.8 Å². The Hall–Kier alpha value is -4.48. The molecule has 28 nitrogen and oxygen atoms in total. The van der Waals surface area contributed by atoms with Crippen molar-refractivity contribution in [2.24, 2.45) is 0 Å². The van der Waals surface area contributed by atoms with Crippen molar-refractivity contribution in [3.8, 4) is 0 Å². The summed E-state index contributed by atoms with van der Waals surface area (Å²) in [4.78, 5) is 53.6. The predicted octanol–water partition coefficient (Wildman–Crippen LogP) is -7.53. The van der Waals surface area contributed by atoms with Crippen LogP contribution in [0, 0.1) is 0 Å². The summed E-state index contributed by atoms with van der Waals surface area (Å²) in [5, 5.41) is 169. The van der Waals surface area contributed by atoms with Crippen LogP contribution in [0.5, 0.6) is 0 Å². The maximum absolute atomic E-state index is 13.6. The van der Waals surface area contributed by atoms with E-state index in [-0.39, 0.29) is 6.42 Å². The number of hydrogen-bond donors (Lipinski definition) is 17. The lowest BCUT2D eigenvalue weighted by molar-refractivity contribution is -0.383. The summed E-state index contributed by atoms with van der Waals surface area (Å²) in [6.45, 7) is -3.11. The Kier molecular flexibility index (Phi) is 20.5. The molecule has 0 spiro atoms. The minimum Gasteiger partial charge on any atom is -0.477 e. The van der Waals surface area contributed by atoms with Gasteiger partial charge in [-0.15, -0.1) is 0 Å². The molecule has 4 saturated heterocycles. The lowest BCUT2D eigenvalue weighted by Gasteiger charge is -2.51. The van der Waals surface area contributed by atoms with Crippen molar-refractivity contribution in [3.63, 3.8) is 0 Å². The highest BCUT2D eigenvalue weighted by atomic mass is 16.8. The summed E-state index contributed by atoms with van der Waals surface area (Å²) in [5.74, 6) is -12.6. The molecule has 4 aliphatic rings. The van der Waals surface area contributed by atoms with Gasteiger partial charge in [0, 0.05) is 12.8 Å². The van der Waals surface area contributed by atoms with Crippen LogP contribution in [0.3, 0.4) is 0 Å². The summed E-state index contributed by atoms with van der Waals surface area (Å²) < 4.78 is 40.0. The first kappa shape index (κ1) is 59.8. The topological polar surface area (TPSA) is 460 Å². The van der Waals surface area contributed by atoms with Gasteiger partial charge in [0.15, 0.2) is 6.29 Å². The van der Waals surface area contributed by atoms with Crippen molar-refractivity contribution in [2.45, 2.75) is 166 Å². The fraction of sp³-hybridized carbons (Fsp3) is 0.660. The molecule has 0 aliphatic carbocycles. The average molecular weight is 1080 g/mol. The Morgan fingerprint density at radius 3 is 1.60 bits per heavy atom. The number of nitrogens with one attached hydrogen (secondary N) is 2. The molecule has 28 heteroatoms. The quantitative estimate of drug-likeness (QED) is 0.0521. The van der Waals surface area contributed by atoms with Gasteiger partial charge in [0.25, 0.3) is 11.6 Å². The smallest absolute Gasteiger partial charge is 0.364 e. The number of aliphatic carboxylic acids is 2. The zero-order valence-corrected chi connectivity index (χ0v) is 40.2. The molecule has 0 aromatic heterocycles. The van der Waals surface area contributed by atoms with Crippen LogP contribution in [-0.2, 0) is 65.2 Å². The zero-order chi connectivity index (χ0) is 55.1. The average Bonchev–Trinajstić information content (AvgIpc) is 3.38. The second-order valence-corrected chi connectivity index (χ2v) is 18.8. The number of carboxylic acids is 2. The summed E-state index contributed by atoms with van der Waals surface area (Å²) in [5.41, 5.74) is 0.914. The van der Waals surface area contributed by atoms with E-state index in [2.05, 4.69) is 10.6 Å². The molecule has 4 heterocycles. The van der Waals surface area contributed by atoms with E-state index in [0.29, 0.717) is 11.1 Å². The van der Waals surface area contributed by atoms with Crippen LogP contribution in [-0.4, -0.2) is 260 Å². The first-order valence-electron chi connectivity index (χ1n) is 23.9. The first-order chi connectivity index (χ1) is 35.5. The molecule has 6 rings (SSSR count). The lowest BCUT2D eigenvalue weighted by atomic mass is 9.87. The molecule has 10 unspecified atom stereocenters. The first-order valence-corrected chi connectivity index (χ1v) is 23.9. The highest BCUT2D eigenvalue weighted by Crippen LogP contribution is 2.40. The predicted molar refractivity (Wildman–Crippen MR) is 244 cm³/mol. The maximum atomic E-state index is 13.6. The van der Waals surface area contributed by atoms with Gasteiger partial charge in [-0.25, -0.2) is 9.59 Å². The van der Waals surface area contributed by atoms with Gasteiger partial charge in [-0.05, 0) is 18.1 Å². The maximum Gasteiger partial charge on any atom is 0.364 e. The molecule has 22 atom stereocenters. The zero-order valence-electron chi connectivity index (χ0n) is 40.2. The molecule has 0 bridgehead atoms. The number of benzene rings is 2. The van der Waals surface area contributed by atoms with E-state index in [0.717, 1.165) is 0 Å². The second kappa shape index (κ2) is 25.8. The normalized spacial score (nSPS) is 37.8. The van der Waals surface area contributed by atoms with Gasteiger partial charge in [-0.3, -0.25) is 9.59 Å². The number of carbonyl (C=O) groups excluding carboxylic acids is 2. The van der Waals surface area contributed by atoms with Crippen LogP contribution >= 0.6 is 0 Å². The highest BCUT2D eigenvalue weighted by molar-refractivity contribution is 5.80. The molecule has 0 saturated carbocycles. The Bertz CT molecular complexity index is 2180. The molecule has 2 aromatic rings. The van der Waals surface area contributed by atoms with Crippen molar-refractivity contribution in [1.29, 1.82) is 0 Å². The SMILES string of the molecule is C[C@@H]1OC(CO)[C@@H](O[C@@H]2OC(CO)[C@H](O)C(O[C@]3(C(=O)O)CC(O)[C@@H](NC(=O)Cc4ccccc4)C([C@H](O)[C@@H](CO)O[C@]4(C(=O)O)CC(O)[C@@H](NC(=O)Cc5ccccc5)C([C@H](O)[C@H](O)CO)O4)O3)C2O)C(O)C1O. The van der Waals surface area contributed by atoms with Gasteiger partial charge in [-0.1, -0.05) is 60.7 Å². The molecule has 75 heavy (non-hydrogen) atoms. The number of carbonyl (C=O) groups is 4. The molecule has 2 amide bonds. The summed E-state index contributed by atoms with van der Waals surface area (Å²) in [6, 6.07) is 12.4. The summed E-state index contributed by atoms with van der Waals surface area (Å²) in [6.07, 6.45) is -39.5. The highest BCUT2D eigenvalue weighted by Gasteiger charge is 2.62. The third-order valence-electron chi connectivity index (χ3n) is 13.6. The standard InChI is InChI=1S/C47H66N2O26/c1-20-33(59)37(63)39(28(19-53)69-20)71-43-38(64)42(35(61)26(17-51)70-43)75-47(45(67)68)15-24(55)32(49-30(58)13-22-10-6-3-7-11-22)41(74-47)36(62)27(18-52)72-46(44(65)66)14-23(54)31(40(73-46)34(60)25(56)16-50)48-29(57)12-21-8-4-2-5-9-21/h2-11,20,23-28,31-43,50-56,59-64H,12-19H2,1H3,(H,48,57)(H,49,58)(H,65,66)(H,67,68)/t20-,23?,24?,25+,26?,27+,28?,31+,32+,33?,34+,35-,36+,37?,38?,39+,40?,41?,42?,43-,46+,47-/m0/s1. The minimum absolute atomic E-state index is 0.301. The van der Waals surface area contributed by atoms with E-state index in [4.69, 9.17) is 33.2 Å². The largest absolute Gasteiger partial charge is 0.477 e. The summed E-state index contributed by atoms with van der Waals surface area (Å²) in [7, 11) is 0. The molecule has 2 aromatic carbocycles. The molecule has 0 radical (unpaired) electrons. The Labute approximate surface area is 427 Å². The van der Waals surface area contributed by atoms with E-state index >= 15 is 0 Å². The van der Waals surface area contributed by atoms with Crippen LogP contribution in [0.15, 0.2) is 60.7 Å². The van der Waals surface area contributed by atoms with Crippen molar-refractivity contribution >= 4 is 23.8 Å². The number of hydrogen-bond acceptors (Lipinski definition) is 24. The van der Waals surface area contributed by atoms with Gasteiger partial charge in [0.1, 0.15) is 85.5 Å². The van der Waals surface area contributed by atoms with Gasteiger partial charge >= 0.3 is 11.9 Å². The number of carboxylic acid groups (broad SMARTS) is 2. The fourth-order valence-electron chi connectivity index (χ4n) is 9.53. The van der Waals surface area contributed by atoms with Crippen LogP contribution in [0.4, 0.5) is 0 Å². The van der Waals surface area contributed by atoms with E-state index < -0.39 is 203 Å². The van der Waals surface area contributed by atoms with Gasteiger partial charge in [0.05, 0.1) is 69.7 Å². The molecule has 17 N–H and O–H groups in total. The van der Waals surface area contributed by atoms with Crippen molar-refractivity contribution in [2.75, 3.05) is 26.4 Å². The minimum atomic E-state index is -3.35. The molecular formula is C47H66N2O26. The molecule has 4 aliphatic heterocycles. The Balaban J connectivity index is 1.34. The second-order valence-electron chi connectivity index (χ2n) is 18.8. The van der Waals surface area contributed by atoms with Gasteiger partial charge in [-0.2, -0.15) is 0 Å². The Morgan fingerprint density at radius 2 is 1.12 bits per heavy atom. The Morgan fingerprint density at radius 1 is 0.627 bits per heavy atom. The third-order valence-corrected chi connectivity index (χ3v) is 13.6.